The number of hydrogen-bond donors (Lipinski definition) is 4. The van der Waals surface area contributed by atoms with E-state index in [0.717, 1.165) is 23.5 Å². The molecule has 0 radical (unpaired) electrons. The van der Waals surface area contributed by atoms with Crippen molar-refractivity contribution in [1.29, 1.82) is 0 Å². The Morgan fingerprint density at radius 3 is 2.58 bits per heavy atom. The van der Waals surface area contributed by atoms with Gasteiger partial charge < -0.3 is 25.4 Å². The third-order valence-electron chi connectivity index (χ3n) is 5.99. The quantitative estimate of drug-likeness (QED) is 0.213. The number of carbonyl (C=O) groups is 1. The van der Waals surface area contributed by atoms with Gasteiger partial charge in [0.25, 0.3) is 5.91 Å². The summed E-state index contributed by atoms with van der Waals surface area (Å²) in [6, 6.07) is 8.38. The summed E-state index contributed by atoms with van der Waals surface area (Å²) in [4.78, 5) is 17.2. The molecule has 7 nitrogen and oxygen atoms in total. The molecular formula is C31H46N4O3. The zero-order valence-corrected chi connectivity index (χ0v) is 23.7. The van der Waals surface area contributed by atoms with Crippen LogP contribution in [0.1, 0.15) is 64.5 Å². The molecule has 38 heavy (non-hydrogen) atoms. The number of nitrogens with zero attached hydrogens (tertiary/aromatic N) is 2. The van der Waals surface area contributed by atoms with Crippen molar-refractivity contribution in [3.05, 3.63) is 95.1 Å². The van der Waals surface area contributed by atoms with Crippen LogP contribution in [0, 0.1) is 18.3 Å². The van der Waals surface area contributed by atoms with Gasteiger partial charge in [0.05, 0.1) is 23.5 Å². The van der Waals surface area contributed by atoms with Gasteiger partial charge in [-0.25, -0.2) is 4.99 Å². The van der Waals surface area contributed by atoms with E-state index in [1.54, 1.807) is 12.3 Å². The number of nitrogens with one attached hydrogen (secondary N) is 2. The summed E-state index contributed by atoms with van der Waals surface area (Å²) < 4.78 is 1.84. The number of aliphatic hydroxyl groups excluding tert-OH is 1. The molecule has 0 bridgehead atoms. The molecule has 0 saturated heterocycles. The SMILES string of the molecule is C=C=C(CNC(=O)c1ccn(C)c1)NC1=NC(c2ccc(CC(C)(C)/C=C/C)c(C)c2)=CC1C.CC(O)O.[HH].[HH]. The van der Waals surface area contributed by atoms with Crippen molar-refractivity contribution in [2.75, 3.05) is 6.54 Å². The Bertz CT molecular complexity index is 1270. The van der Waals surface area contributed by atoms with Gasteiger partial charge in [-0.3, -0.25) is 4.79 Å². The van der Waals surface area contributed by atoms with Crippen LogP contribution in [0.15, 0.2) is 77.9 Å². The summed E-state index contributed by atoms with van der Waals surface area (Å²) in [5.41, 5.74) is 9.01. The topological polar surface area (TPSA) is 98.9 Å². The number of amidine groups is 1. The van der Waals surface area contributed by atoms with Gasteiger partial charge in [0.1, 0.15) is 12.1 Å². The molecule has 208 valence electrons. The third-order valence-corrected chi connectivity index (χ3v) is 5.99. The minimum atomic E-state index is -1.17. The number of rotatable bonds is 8. The largest absolute Gasteiger partial charge is 0.368 e. The van der Waals surface area contributed by atoms with E-state index in [1.165, 1.54) is 18.1 Å². The summed E-state index contributed by atoms with van der Waals surface area (Å²) in [6.07, 6.45) is 10.00. The number of hydrogen-bond acceptors (Lipinski definition) is 5. The van der Waals surface area contributed by atoms with Crippen molar-refractivity contribution < 1.29 is 17.9 Å². The van der Waals surface area contributed by atoms with Crippen LogP contribution in [-0.4, -0.2) is 39.4 Å². The van der Waals surface area contributed by atoms with Crippen LogP contribution >= 0.6 is 0 Å². The maximum Gasteiger partial charge on any atom is 0.253 e. The number of aliphatic imine (C=N–C) groups is 1. The molecule has 2 heterocycles. The molecule has 0 aliphatic carbocycles. The minimum absolute atomic E-state index is 0. The second kappa shape index (κ2) is 13.8. The zero-order valence-electron chi connectivity index (χ0n) is 23.7. The first-order chi connectivity index (χ1) is 17.8. The Kier molecular flexibility index (Phi) is 11.1. The van der Waals surface area contributed by atoms with E-state index >= 15 is 0 Å². The third kappa shape index (κ3) is 9.34. The highest BCUT2D eigenvalue weighted by molar-refractivity contribution is 5.97. The predicted octanol–water partition coefficient (Wildman–Crippen LogP) is 5.36. The van der Waals surface area contributed by atoms with Gasteiger partial charge >= 0.3 is 0 Å². The summed E-state index contributed by atoms with van der Waals surface area (Å²) in [6.45, 7) is 16.2. The lowest BCUT2D eigenvalue weighted by molar-refractivity contribution is -0.0228. The lowest BCUT2D eigenvalue weighted by Crippen LogP contribution is -2.34. The Morgan fingerprint density at radius 2 is 2.03 bits per heavy atom. The summed E-state index contributed by atoms with van der Waals surface area (Å²) in [5.74, 6) is 0.811. The first-order valence-corrected chi connectivity index (χ1v) is 12.8. The molecular weight excluding hydrogens is 476 g/mol. The lowest BCUT2D eigenvalue weighted by Gasteiger charge is -2.21. The molecule has 0 fully saturated rings. The second-order valence-corrected chi connectivity index (χ2v) is 10.3. The molecule has 1 aromatic carbocycles. The number of allylic oxidation sites excluding steroid dienone is 2. The average molecular weight is 523 g/mol. The molecule has 1 aliphatic rings. The van der Waals surface area contributed by atoms with Gasteiger partial charge in [-0.05, 0) is 61.9 Å². The van der Waals surface area contributed by atoms with E-state index in [2.05, 4.69) is 94.0 Å². The summed E-state index contributed by atoms with van der Waals surface area (Å²) >= 11 is 0. The number of aryl methyl sites for hydroxylation is 2. The fourth-order valence-corrected chi connectivity index (χ4v) is 4.16. The molecule has 1 aromatic heterocycles. The van der Waals surface area contributed by atoms with Crippen LogP contribution in [0.3, 0.4) is 0 Å². The van der Waals surface area contributed by atoms with Crippen molar-refractivity contribution in [2.45, 2.75) is 54.3 Å². The summed E-state index contributed by atoms with van der Waals surface area (Å²) in [7, 11) is 1.89. The van der Waals surface area contributed by atoms with Crippen LogP contribution < -0.4 is 10.6 Å². The van der Waals surface area contributed by atoms with Crippen molar-refractivity contribution >= 4 is 17.4 Å². The molecule has 7 heteroatoms. The Morgan fingerprint density at radius 1 is 1.34 bits per heavy atom. The normalized spacial score (nSPS) is 14.9. The smallest absolute Gasteiger partial charge is 0.253 e. The van der Waals surface area contributed by atoms with Gasteiger partial charge in [-0.15, -0.1) is 5.73 Å². The molecule has 1 atom stereocenters. The number of carbonyl (C=O) groups excluding carboxylic acids is 1. The van der Waals surface area contributed by atoms with Crippen LogP contribution in [0.2, 0.25) is 0 Å². The molecule has 2 aromatic rings. The Balaban J connectivity index is 0.00000237. The van der Waals surface area contributed by atoms with E-state index in [1.807, 2.05) is 17.8 Å². The molecule has 1 aliphatic heterocycles. The number of benzene rings is 1. The van der Waals surface area contributed by atoms with Crippen LogP contribution in [0.5, 0.6) is 0 Å². The van der Waals surface area contributed by atoms with Gasteiger partial charge in [-0.2, -0.15) is 0 Å². The van der Waals surface area contributed by atoms with Crippen molar-refractivity contribution in [1.82, 2.24) is 15.2 Å². The first kappa shape index (κ1) is 30.6. The highest BCUT2D eigenvalue weighted by Gasteiger charge is 2.21. The van der Waals surface area contributed by atoms with Crippen LogP contribution in [-0.2, 0) is 13.5 Å². The maximum absolute atomic E-state index is 12.3. The molecule has 1 amide bonds. The fourth-order valence-electron chi connectivity index (χ4n) is 4.16. The molecule has 0 spiro atoms. The van der Waals surface area contributed by atoms with Crippen molar-refractivity contribution in [3.63, 3.8) is 0 Å². The van der Waals surface area contributed by atoms with E-state index in [4.69, 9.17) is 15.2 Å². The number of amides is 1. The average Bonchev–Trinajstić information content (AvgIpc) is 3.42. The van der Waals surface area contributed by atoms with Gasteiger partial charge in [0, 0.05) is 33.8 Å². The zero-order chi connectivity index (χ0) is 28.5. The van der Waals surface area contributed by atoms with E-state index in [0.29, 0.717) is 17.8 Å². The fraction of sp³-hybridized carbons (Fsp3) is 0.387. The van der Waals surface area contributed by atoms with E-state index < -0.39 is 6.29 Å². The molecule has 1 unspecified atom stereocenters. The second-order valence-electron chi connectivity index (χ2n) is 10.3. The number of aromatic nitrogens is 1. The highest BCUT2D eigenvalue weighted by atomic mass is 16.5. The Labute approximate surface area is 230 Å². The van der Waals surface area contributed by atoms with Crippen molar-refractivity contribution in [3.8, 4) is 0 Å². The van der Waals surface area contributed by atoms with E-state index in [-0.39, 0.29) is 20.1 Å². The van der Waals surface area contributed by atoms with Gasteiger partial charge in [0.2, 0.25) is 0 Å². The van der Waals surface area contributed by atoms with Crippen molar-refractivity contribution in [2.24, 2.45) is 23.4 Å². The summed E-state index contributed by atoms with van der Waals surface area (Å²) in [5, 5.41) is 21.4. The minimum Gasteiger partial charge on any atom is -0.368 e. The molecule has 0 saturated carbocycles. The van der Waals surface area contributed by atoms with E-state index in [9.17, 15) is 4.79 Å². The lowest BCUT2D eigenvalue weighted by atomic mass is 9.83. The monoisotopic (exact) mass is 522 g/mol. The Hall–Kier alpha value is -3.64. The number of aliphatic hydroxyl groups is 2. The first-order valence-electron chi connectivity index (χ1n) is 12.8. The molecule has 4 N–H and O–H groups in total. The van der Waals surface area contributed by atoms with Gasteiger partial charge in [0.15, 0.2) is 0 Å². The van der Waals surface area contributed by atoms with Crippen LogP contribution in [0.25, 0.3) is 5.70 Å². The van der Waals surface area contributed by atoms with Crippen LogP contribution in [0.4, 0.5) is 0 Å². The molecule has 3 rings (SSSR count). The van der Waals surface area contributed by atoms with Gasteiger partial charge in [-0.1, -0.05) is 51.6 Å². The highest BCUT2D eigenvalue weighted by Crippen LogP contribution is 2.30. The maximum atomic E-state index is 12.3. The predicted molar refractivity (Wildman–Crippen MR) is 160 cm³/mol. The standard InChI is InChI=1S/C29H36N4O.C2H6O2.2H2/c1-8-13-29(5,6)17-23-11-10-22(15-20(23)3)26-16-21(4)27(32-26)31-25(9-2)18-30-28(34)24-12-14-33(7)19-24;1-2(3)4;;/h8,10-16,19,21H,2,17-18H2,1,3-7H3,(H,30,34)(H,31,32);2-4H,1H3;2*1H/b13-8+;;;.